The van der Waals surface area contributed by atoms with Gasteiger partial charge in [-0.15, -0.1) is 24.0 Å². The number of carbonyl (C=O) groups is 1. The minimum atomic E-state index is -0.458. The molecule has 1 aliphatic rings. The first kappa shape index (κ1) is 18.4. The summed E-state index contributed by atoms with van der Waals surface area (Å²) in [5, 5.41) is 3.05. The van der Waals surface area contributed by atoms with Crippen LogP contribution in [0.1, 0.15) is 33.1 Å². The quantitative estimate of drug-likeness (QED) is 0.354. The number of nitrogens with one attached hydrogen (secondary N) is 1. The molecule has 1 saturated heterocycles. The smallest absolute Gasteiger partial charge is 0.246 e. The van der Waals surface area contributed by atoms with Gasteiger partial charge in [-0.05, 0) is 25.2 Å². The third-order valence-corrected chi connectivity index (χ3v) is 2.92. The molecular formula is C12H25IN4O2. The maximum Gasteiger partial charge on any atom is 0.246 e. The Balaban J connectivity index is 0.00000324. The summed E-state index contributed by atoms with van der Waals surface area (Å²) in [6.45, 7) is 5.61. The number of carbonyl (C=O) groups excluding carboxylic acids is 1. The van der Waals surface area contributed by atoms with E-state index in [2.05, 4.69) is 24.2 Å². The minimum Gasteiger partial charge on any atom is -0.370 e. The highest BCUT2D eigenvalue weighted by Crippen LogP contribution is 2.19. The molecular weight excluding hydrogens is 359 g/mol. The second-order valence-electron chi connectivity index (χ2n) is 5.06. The van der Waals surface area contributed by atoms with Gasteiger partial charge in [0.15, 0.2) is 5.96 Å². The number of ether oxygens (including phenoxy) is 1. The van der Waals surface area contributed by atoms with E-state index in [1.807, 2.05) is 0 Å². The Kier molecular flexibility index (Phi) is 9.07. The second kappa shape index (κ2) is 9.35. The van der Waals surface area contributed by atoms with Gasteiger partial charge in [-0.1, -0.05) is 13.8 Å². The molecule has 1 rings (SSSR count). The standard InChI is InChI=1S/C12H24N4O2.HI/c1-8(2)5-6-15-12(14)16-7-9-3-4-10(18-9)11(13)17;/h8-10H,3-7H2,1-2H3,(H2,13,17)(H3,14,15,16);1H. The number of guanidine groups is 1. The van der Waals surface area contributed by atoms with Crippen LogP contribution in [0.15, 0.2) is 4.99 Å². The lowest BCUT2D eigenvalue weighted by Gasteiger charge is -2.10. The molecule has 0 spiro atoms. The van der Waals surface area contributed by atoms with E-state index in [0.29, 0.717) is 24.8 Å². The summed E-state index contributed by atoms with van der Waals surface area (Å²) in [6.07, 6.45) is 2.03. The molecule has 1 amide bonds. The maximum absolute atomic E-state index is 10.9. The van der Waals surface area contributed by atoms with Crippen LogP contribution in [-0.2, 0) is 9.53 Å². The maximum atomic E-state index is 10.9. The second-order valence-corrected chi connectivity index (χ2v) is 5.06. The van der Waals surface area contributed by atoms with E-state index < -0.39 is 12.0 Å². The Hall–Kier alpha value is -0.570. The number of primary amides is 1. The molecule has 2 unspecified atom stereocenters. The van der Waals surface area contributed by atoms with Crippen LogP contribution < -0.4 is 16.8 Å². The Morgan fingerprint density at radius 2 is 2.11 bits per heavy atom. The number of nitrogens with zero attached hydrogens (tertiary/aromatic N) is 1. The third-order valence-electron chi connectivity index (χ3n) is 2.92. The van der Waals surface area contributed by atoms with Crippen molar-refractivity contribution < 1.29 is 9.53 Å². The van der Waals surface area contributed by atoms with Crippen LogP contribution >= 0.6 is 24.0 Å². The van der Waals surface area contributed by atoms with Gasteiger partial charge >= 0.3 is 0 Å². The van der Waals surface area contributed by atoms with Crippen molar-refractivity contribution in [3.05, 3.63) is 0 Å². The average molecular weight is 384 g/mol. The Morgan fingerprint density at radius 1 is 1.42 bits per heavy atom. The van der Waals surface area contributed by atoms with E-state index >= 15 is 0 Å². The van der Waals surface area contributed by atoms with Crippen LogP contribution in [0.2, 0.25) is 0 Å². The highest BCUT2D eigenvalue weighted by molar-refractivity contribution is 14.0. The largest absolute Gasteiger partial charge is 0.370 e. The molecule has 0 saturated carbocycles. The van der Waals surface area contributed by atoms with E-state index in [1.165, 1.54) is 0 Å². The normalized spacial score (nSPS) is 23.2. The molecule has 0 aromatic rings. The van der Waals surface area contributed by atoms with Gasteiger partial charge in [0.2, 0.25) is 5.91 Å². The van der Waals surface area contributed by atoms with Crippen LogP contribution in [0.5, 0.6) is 0 Å². The van der Waals surface area contributed by atoms with Gasteiger partial charge in [0.1, 0.15) is 6.10 Å². The molecule has 0 aromatic heterocycles. The van der Waals surface area contributed by atoms with Gasteiger partial charge in [0.25, 0.3) is 0 Å². The van der Waals surface area contributed by atoms with Crippen molar-refractivity contribution in [2.75, 3.05) is 13.1 Å². The number of hydrogen-bond donors (Lipinski definition) is 3. The third kappa shape index (κ3) is 7.56. The molecule has 6 nitrogen and oxygen atoms in total. The Bertz CT molecular complexity index is 310. The van der Waals surface area contributed by atoms with Crippen molar-refractivity contribution in [3.8, 4) is 0 Å². The molecule has 19 heavy (non-hydrogen) atoms. The Morgan fingerprint density at radius 3 is 2.63 bits per heavy atom. The lowest BCUT2D eigenvalue weighted by molar-refractivity contribution is -0.128. The van der Waals surface area contributed by atoms with E-state index in [0.717, 1.165) is 19.4 Å². The molecule has 5 N–H and O–H groups in total. The van der Waals surface area contributed by atoms with E-state index in [-0.39, 0.29) is 30.1 Å². The van der Waals surface area contributed by atoms with E-state index in [9.17, 15) is 4.79 Å². The zero-order valence-electron chi connectivity index (χ0n) is 11.6. The summed E-state index contributed by atoms with van der Waals surface area (Å²) in [5.74, 6) is 0.672. The predicted molar refractivity (Wildman–Crippen MR) is 86.5 cm³/mol. The summed E-state index contributed by atoms with van der Waals surface area (Å²) in [6, 6.07) is 0. The number of rotatable bonds is 6. The van der Waals surface area contributed by atoms with Crippen LogP contribution in [0.4, 0.5) is 0 Å². The van der Waals surface area contributed by atoms with Gasteiger partial charge < -0.3 is 21.5 Å². The first-order valence-corrected chi connectivity index (χ1v) is 6.47. The van der Waals surface area contributed by atoms with Crippen LogP contribution in [0, 0.1) is 5.92 Å². The number of amides is 1. The molecule has 1 fully saturated rings. The number of hydrogen-bond acceptors (Lipinski definition) is 3. The summed E-state index contributed by atoms with van der Waals surface area (Å²) in [4.78, 5) is 15.1. The molecule has 2 atom stereocenters. The lowest BCUT2D eigenvalue weighted by atomic mass is 10.1. The highest BCUT2D eigenvalue weighted by Gasteiger charge is 2.28. The first-order chi connectivity index (χ1) is 8.49. The van der Waals surface area contributed by atoms with Gasteiger partial charge in [-0.2, -0.15) is 0 Å². The molecule has 0 radical (unpaired) electrons. The van der Waals surface area contributed by atoms with Crippen molar-refractivity contribution in [1.82, 2.24) is 5.32 Å². The fraction of sp³-hybridized carbons (Fsp3) is 0.833. The molecule has 7 heteroatoms. The van der Waals surface area contributed by atoms with Crippen LogP contribution in [0.3, 0.4) is 0 Å². The van der Waals surface area contributed by atoms with E-state index in [1.54, 1.807) is 0 Å². The van der Waals surface area contributed by atoms with Crippen LogP contribution in [0.25, 0.3) is 0 Å². The van der Waals surface area contributed by atoms with Gasteiger partial charge in [0.05, 0.1) is 12.6 Å². The Labute approximate surface area is 131 Å². The van der Waals surface area contributed by atoms with Gasteiger partial charge in [-0.3, -0.25) is 9.79 Å². The molecule has 1 aliphatic heterocycles. The number of nitrogens with two attached hydrogens (primary N) is 2. The molecule has 0 aliphatic carbocycles. The topological polar surface area (TPSA) is 103 Å². The number of aliphatic imine (C=N–C) groups is 1. The lowest BCUT2D eigenvalue weighted by Crippen LogP contribution is -2.34. The van der Waals surface area contributed by atoms with Crippen molar-refractivity contribution in [2.24, 2.45) is 22.4 Å². The monoisotopic (exact) mass is 384 g/mol. The highest BCUT2D eigenvalue weighted by atomic mass is 127. The molecule has 1 heterocycles. The summed E-state index contributed by atoms with van der Waals surface area (Å²) in [7, 11) is 0. The van der Waals surface area contributed by atoms with Crippen molar-refractivity contribution >= 4 is 35.8 Å². The van der Waals surface area contributed by atoms with E-state index in [4.69, 9.17) is 16.2 Å². The van der Waals surface area contributed by atoms with Crippen molar-refractivity contribution in [2.45, 2.75) is 45.3 Å². The zero-order chi connectivity index (χ0) is 13.5. The minimum absolute atomic E-state index is 0. The van der Waals surface area contributed by atoms with Crippen molar-refractivity contribution in [1.29, 1.82) is 0 Å². The number of halogens is 1. The van der Waals surface area contributed by atoms with Crippen molar-refractivity contribution in [3.63, 3.8) is 0 Å². The first-order valence-electron chi connectivity index (χ1n) is 6.47. The summed E-state index contributed by atoms with van der Waals surface area (Å²) < 4.78 is 5.45. The van der Waals surface area contributed by atoms with Gasteiger partial charge in [-0.25, -0.2) is 0 Å². The molecule has 0 bridgehead atoms. The zero-order valence-corrected chi connectivity index (χ0v) is 13.9. The predicted octanol–water partition coefficient (Wildman–Crippen LogP) is 0.588. The molecule has 112 valence electrons. The summed E-state index contributed by atoms with van der Waals surface area (Å²) in [5.41, 5.74) is 10.9. The SMILES string of the molecule is CC(C)CCNC(N)=NCC1CCC(C(N)=O)O1.I. The van der Waals surface area contributed by atoms with Gasteiger partial charge in [0, 0.05) is 6.54 Å². The summed E-state index contributed by atoms with van der Waals surface area (Å²) >= 11 is 0. The van der Waals surface area contributed by atoms with Crippen LogP contribution in [-0.4, -0.2) is 37.2 Å². The fourth-order valence-corrected chi connectivity index (χ4v) is 1.79. The fourth-order valence-electron chi connectivity index (χ4n) is 1.79. The average Bonchev–Trinajstić information content (AvgIpc) is 2.74. The molecule has 0 aromatic carbocycles.